The Hall–Kier alpha value is -1.20. The van der Waals surface area contributed by atoms with Crippen LogP contribution >= 0.6 is 0 Å². The number of hydrogen-bond donors (Lipinski definition) is 0. The minimum absolute atomic E-state index is 0.447. The predicted octanol–water partition coefficient (Wildman–Crippen LogP) is 2.68. The second-order valence-electron chi connectivity index (χ2n) is 6.89. The largest absolute Gasteiger partial charge is 0.381 e. The highest BCUT2D eigenvalue weighted by molar-refractivity contribution is 5.38. The fourth-order valence-electron chi connectivity index (χ4n) is 3.57. The molecule has 2 fully saturated rings. The first-order valence-electron chi connectivity index (χ1n) is 9.16. The average Bonchev–Trinajstić information content (AvgIpc) is 3.00. The van der Waals surface area contributed by atoms with Gasteiger partial charge < -0.3 is 14.5 Å². The number of anilines is 1. The molecule has 1 atom stereocenters. The van der Waals surface area contributed by atoms with Gasteiger partial charge in [-0.15, -0.1) is 0 Å². The van der Waals surface area contributed by atoms with Gasteiger partial charge in [0, 0.05) is 32.2 Å². The maximum atomic E-state index is 5.47. The Morgan fingerprint density at radius 2 is 2.04 bits per heavy atom. The van der Waals surface area contributed by atoms with Gasteiger partial charge in [-0.1, -0.05) is 12.8 Å². The van der Waals surface area contributed by atoms with Crippen LogP contribution < -0.4 is 4.90 Å². The molecule has 0 bridgehead atoms. The summed E-state index contributed by atoms with van der Waals surface area (Å²) in [5, 5.41) is 0. The molecule has 2 aliphatic heterocycles. The number of likely N-dealkylation sites (tertiary alicyclic amines) is 1. The summed E-state index contributed by atoms with van der Waals surface area (Å²) in [4.78, 5) is 13.8. The highest BCUT2D eigenvalue weighted by atomic mass is 16.5. The average molecular weight is 318 g/mol. The molecular formula is C18H30N4O. The molecule has 5 nitrogen and oxygen atoms in total. The van der Waals surface area contributed by atoms with Gasteiger partial charge in [0.2, 0.25) is 0 Å². The van der Waals surface area contributed by atoms with Crippen molar-refractivity contribution in [2.24, 2.45) is 0 Å². The smallest absolute Gasteiger partial charge is 0.131 e. The molecule has 0 amide bonds. The van der Waals surface area contributed by atoms with E-state index in [0.29, 0.717) is 5.92 Å². The molecule has 5 heteroatoms. The van der Waals surface area contributed by atoms with Crippen molar-refractivity contribution in [2.45, 2.75) is 44.4 Å². The topological polar surface area (TPSA) is 41.5 Å². The monoisotopic (exact) mass is 318 g/mol. The normalized spacial score (nSPS) is 22.9. The van der Waals surface area contributed by atoms with E-state index in [1.54, 1.807) is 6.33 Å². The maximum Gasteiger partial charge on any atom is 0.131 e. The predicted molar refractivity (Wildman–Crippen MR) is 93.0 cm³/mol. The van der Waals surface area contributed by atoms with Crippen molar-refractivity contribution in [2.75, 3.05) is 51.3 Å². The Bertz CT molecular complexity index is 468. The molecule has 0 unspecified atom stereocenters. The first-order valence-corrected chi connectivity index (χ1v) is 9.16. The quantitative estimate of drug-likeness (QED) is 0.806. The van der Waals surface area contributed by atoms with Crippen LogP contribution in [-0.2, 0) is 4.74 Å². The van der Waals surface area contributed by atoms with Crippen LogP contribution in [0.3, 0.4) is 0 Å². The van der Waals surface area contributed by atoms with Gasteiger partial charge in [-0.25, -0.2) is 9.97 Å². The van der Waals surface area contributed by atoms with Crippen LogP contribution in [0.4, 0.5) is 5.82 Å². The summed E-state index contributed by atoms with van der Waals surface area (Å²) in [7, 11) is 2.14. The molecule has 1 aromatic heterocycles. The zero-order valence-electron chi connectivity index (χ0n) is 14.4. The Kier molecular flexibility index (Phi) is 6.22. The van der Waals surface area contributed by atoms with Crippen LogP contribution in [0.25, 0.3) is 0 Å². The lowest BCUT2D eigenvalue weighted by Gasteiger charge is -2.23. The molecule has 0 aliphatic carbocycles. The second kappa shape index (κ2) is 8.60. The zero-order valence-corrected chi connectivity index (χ0v) is 14.4. The summed E-state index contributed by atoms with van der Waals surface area (Å²) >= 11 is 0. The standard InChI is InChI=1S/C18H30N4O/c1-21(8-6-11-22-9-4-2-3-5-10-22)18-13-17(19-15-20-18)16-7-12-23-14-16/h13,15-16H,2-12,14H2,1H3/t16-/m1/s1. The lowest BCUT2D eigenvalue weighted by molar-refractivity contribution is 0.193. The lowest BCUT2D eigenvalue weighted by Crippen LogP contribution is -2.29. The Balaban J connectivity index is 1.47. The second-order valence-corrected chi connectivity index (χ2v) is 6.89. The Labute approximate surface area is 140 Å². The Morgan fingerprint density at radius 3 is 2.78 bits per heavy atom. The van der Waals surface area contributed by atoms with Crippen LogP contribution in [0.15, 0.2) is 12.4 Å². The van der Waals surface area contributed by atoms with Crippen LogP contribution in [0.1, 0.15) is 50.1 Å². The maximum absolute atomic E-state index is 5.47. The van der Waals surface area contributed by atoms with Crippen molar-refractivity contribution in [1.82, 2.24) is 14.9 Å². The van der Waals surface area contributed by atoms with Crippen LogP contribution in [-0.4, -0.2) is 61.3 Å². The van der Waals surface area contributed by atoms with Crippen molar-refractivity contribution in [3.8, 4) is 0 Å². The van der Waals surface area contributed by atoms with Gasteiger partial charge in [0.05, 0.1) is 12.3 Å². The number of rotatable bonds is 6. The molecule has 2 aliphatic rings. The third-order valence-corrected chi connectivity index (χ3v) is 5.08. The van der Waals surface area contributed by atoms with E-state index in [2.05, 4.69) is 32.9 Å². The molecule has 3 rings (SSSR count). The van der Waals surface area contributed by atoms with E-state index in [4.69, 9.17) is 4.74 Å². The van der Waals surface area contributed by atoms with Crippen molar-refractivity contribution < 1.29 is 4.74 Å². The Morgan fingerprint density at radius 1 is 1.22 bits per heavy atom. The summed E-state index contributed by atoms with van der Waals surface area (Å²) in [6, 6.07) is 2.14. The van der Waals surface area contributed by atoms with E-state index in [1.807, 2.05) is 0 Å². The molecule has 23 heavy (non-hydrogen) atoms. The van der Waals surface area contributed by atoms with Crippen LogP contribution in [0.2, 0.25) is 0 Å². The molecule has 3 heterocycles. The fraction of sp³-hybridized carbons (Fsp3) is 0.778. The van der Waals surface area contributed by atoms with Gasteiger partial charge in [-0.3, -0.25) is 0 Å². The van der Waals surface area contributed by atoms with Gasteiger partial charge in [0.15, 0.2) is 0 Å². The first-order chi connectivity index (χ1) is 11.3. The minimum atomic E-state index is 0.447. The minimum Gasteiger partial charge on any atom is -0.381 e. The van der Waals surface area contributed by atoms with E-state index >= 15 is 0 Å². The highest BCUT2D eigenvalue weighted by Crippen LogP contribution is 2.25. The fourth-order valence-corrected chi connectivity index (χ4v) is 3.57. The molecular weight excluding hydrogens is 288 g/mol. The van der Waals surface area contributed by atoms with E-state index in [9.17, 15) is 0 Å². The van der Waals surface area contributed by atoms with Crippen molar-refractivity contribution in [1.29, 1.82) is 0 Å². The molecule has 1 aromatic rings. The molecule has 0 N–H and O–H groups in total. The molecule has 0 radical (unpaired) electrons. The number of nitrogens with zero attached hydrogens (tertiary/aromatic N) is 4. The highest BCUT2D eigenvalue weighted by Gasteiger charge is 2.20. The van der Waals surface area contributed by atoms with E-state index in [-0.39, 0.29) is 0 Å². The van der Waals surface area contributed by atoms with E-state index in [1.165, 1.54) is 51.7 Å². The number of aromatic nitrogens is 2. The van der Waals surface area contributed by atoms with Gasteiger partial charge in [-0.2, -0.15) is 0 Å². The number of ether oxygens (including phenoxy) is 1. The van der Waals surface area contributed by atoms with E-state index < -0.39 is 0 Å². The van der Waals surface area contributed by atoms with Gasteiger partial charge >= 0.3 is 0 Å². The van der Waals surface area contributed by atoms with Gasteiger partial charge in [0.1, 0.15) is 12.1 Å². The SMILES string of the molecule is CN(CCCN1CCCCCC1)c1cc([C@@H]2CCOC2)ncn1. The zero-order chi connectivity index (χ0) is 15.9. The molecule has 0 spiro atoms. The lowest BCUT2D eigenvalue weighted by atomic mass is 10.0. The van der Waals surface area contributed by atoms with Crippen molar-refractivity contribution in [3.05, 3.63) is 18.1 Å². The van der Waals surface area contributed by atoms with Crippen molar-refractivity contribution >= 4 is 5.82 Å². The third-order valence-electron chi connectivity index (χ3n) is 5.08. The third kappa shape index (κ3) is 4.88. The van der Waals surface area contributed by atoms with Gasteiger partial charge in [0.25, 0.3) is 0 Å². The first kappa shape index (κ1) is 16.7. The molecule has 0 saturated carbocycles. The molecule has 0 aromatic carbocycles. The van der Waals surface area contributed by atoms with Crippen LogP contribution in [0.5, 0.6) is 0 Å². The number of hydrogen-bond acceptors (Lipinski definition) is 5. The summed E-state index contributed by atoms with van der Waals surface area (Å²) in [5.74, 6) is 1.49. The van der Waals surface area contributed by atoms with Gasteiger partial charge in [-0.05, 0) is 45.3 Å². The molecule has 128 valence electrons. The molecule has 2 saturated heterocycles. The van der Waals surface area contributed by atoms with Crippen LogP contribution in [0, 0.1) is 0 Å². The van der Waals surface area contributed by atoms with E-state index in [0.717, 1.165) is 37.7 Å². The summed E-state index contributed by atoms with van der Waals surface area (Å²) < 4.78 is 5.47. The summed E-state index contributed by atoms with van der Waals surface area (Å²) in [6.07, 6.45) is 9.53. The summed E-state index contributed by atoms with van der Waals surface area (Å²) in [5.41, 5.74) is 1.13. The van der Waals surface area contributed by atoms with Crippen molar-refractivity contribution in [3.63, 3.8) is 0 Å². The summed E-state index contributed by atoms with van der Waals surface area (Å²) in [6.45, 7) is 6.48.